The van der Waals surface area contributed by atoms with Crippen LogP contribution in [0.3, 0.4) is 0 Å². The maximum absolute atomic E-state index is 13.0. The summed E-state index contributed by atoms with van der Waals surface area (Å²) >= 11 is 0. The molecular formula is C43H50N6O8. The fraction of sp³-hybridized carbons (Fsp3) is 0.395. The van der Waals surface area contributed by atoms with Crippen LogP contribution >= 0.6 is 0 Å². The minimum absolute atomic E-state index is 0.0374. The topological polar surface area (TPSA) is 195 Å². The highest BCUT2D eigenvalue weighted by molar-refractivity contribution is 5.75. The van der Waals surface area contributed by atoms with E-state index in [2.05, 4.69) is 20.4 Å². The van der Waals surface area contributed by atoms with Gasteiger partial charge in [0, 0.05) is 24.0 Å². The van der Waals surface area contributed by atoms with E-state index < -0.39 is 41.4 Å². The Morgan fingerprint density at radius 2 is 0.912 bits per heavy atom. The first-order valence-corrected chi connectivity index (χ1v) is 18.9. The first-order valence-electron chi connectivity index (χ1n) is 18.9. The summed E-state index contributed by atoms with van der Waals surface area (Å²) in [5.74, 6) is -1.08. The minimum atomic E-state index is -1.43. The smallest absolute Gasteiger partial charge is 0.306 e. The Labute approximate surface area is 330 Å². The maximum Gasteiger partial charge on any atom is 0.306 e. The van der Waals surface area contributed by atoms with E-state index in [1.807, 2.05) is 102 Å². The molecular weight excluding hydrogens is 729 g/mol. The van der Waals surface area contributed by atoms with Crippen molar-refractivity contribution >= 4 is 34.0 Å². The fourth-order valence-electron chi connectivity index (χ4n) is 6.41. The van der Waals surface area contributed by atoms with E-state index in [0.717, 1.165) is 11.1 Å². The van der Waals surface area contributed by atoms with Gasteiger partial charge in [0.25, 0.3) is 0 Å². The number of benzene rings is 4. The molecule has 0 atom stereocenters. The highest BCUT2D eigenvalue weighted by Gasteiger charge is 2.33. The Morgan fingerprint density at radius 3 is 1.21 bits per heavy atom. The first kappa shape index (κ1) is 40.8. The van der Waals surface area contributed by atoms with Crippen molar-refractivity contribution in [1.82, 2.24) is 30.0 Å². The van der Waals surface area contributed by atoms with E-state index in [-0.39, 0.29) is 50.4 Å². The summed E-state index contributed by atoms with van der Waals surface area (Å²) in [7, 11) is 0. The van der Waals surface area contributed by atoms with Crippen molar-refractivity contribution in [2.75, 3.05) is 26.4 Å². The third-order valence-electron chi connectivity index (χ3n) is 9.90. The number of ether oxygens (including phenoxy) is 2. The summed E-state index contributed by atoms with van der Waals surface area (Å²) < 4.78 is 11.0. The lowest BCUT2D eigenvalue weighted by Gasteiger charge is -2.28. The second-order valence-corrected chi connectivity index (χ2v) is 16.6. The molecule has 57 heavy (non-hydrogen) atoms. The van der Waals surface area contributed by atoms with Crippen LogP contribution < -0.4 is 0 Å². The predicted octanol–water partition coefficient (Wildman–Crippen LogP) is 5.78. The summed E-state index contributed by atoms with van der Waals surface area (Å²) in [5.41, 5.74) is 3.97. The summed E-state index contributed by atoms with van der Waals surface area (Å²) in [6, 6.07) is 21.9. The molecule has 300 valence electrons. The number of esters is 2. The molecule has 0 unspecified atom stereocenters. The van der Waals surface area contributed by atoms with Crippen molar-refractivity contribution in [3.05, 3.63) is 95.1 Å². The number of phenols is 2. The zero-order valence-corrected chi connectivity index (χ0v) is 33.2. The van der Waals surface area contributed by atoms with E-state index in [1.165, 1.54) is 9.59 Å². The number of fused-ring (bicyclic) bond motifs is 2. The highest BCUT2D eigenvalue weighted by Crippen LogP contribution is 2.38. The van der Waals surface area contributed by atoms with Crippen LogP contribution in [0.25, 0.3) is 33.4 Å². The third kappa shape index (κ3) is 9.24. The number of nitrogens with zero attached hydrogens (tertiary/aromatic N) is 6. The van der Waals surface area contributed by atoms with E-state index in [1.54, 1.807) is 12.1 Å². The van der Waals surface area contributed by atoms with Crippen LogP contribution in [0.2, 0.25) is 0 Å². The lowest BCUT2D eigenvalue weighted by Crippen LogP contribution is -2.41. The van der Waals surface area contributed by atoms with Gasteiger partial charge in [-0.25, -0.2) is 0 Å². The van der Waals surface area contributed by atoms with Gasteiger partial charge in [-0.1, -0.05) is 77.9 Å². The third-order valence-corrected chi connectivity index (χ3v) is 9.90. The molecule has 0 radical (unpaired) electrons. The van der Waals surface area contributed by atoms with Gasteiger partial charge < -0.3 is 29.9 Å². The van der Waals surface area contributed by atoms with Gasteiger partial charge in [0.2, 0.25) is 0 Å². The maximum atomic E-state index is 13.0. The molecule has 0 aliphatic rings. The van der Waals surface area contributed by atoms with Gasteiger partial charge in [0.1, 0.15) is 58.2 Å². The van der Waals surface area contributed by atoms with Crippen molar-refractivity contribution in [2.45, 2.75) is 78.1 Å². The van der Waals surface area contributed by atoms with Crippen LogP contribution in [0, 0.1) is 5.41 Å². The quantitative estimate of drug-likeness (QED) is 0.0975. The van der Waals surface area contributed by atoms with Crippen LogP contribution in [0.4, 0.5) is 0 Å². The Hall–Kier alpha value is -5.86. The molecule has 6 rings (SSSR count). The van der Waals surface area contributed by atoms with Gasteiger partial charge in [0.05, 0.1) is 18.6 Å². The molecule has 0 bridgehead atoms. The van der Waals surface area contributed by atoms with Gasteiger partial charge >= 0.3 is 11.9 Å². The zero-order chi connectivity index (χ0) is 41.1. The van der Waals surface area contributed by atoms with E-state index in [9.17, 15) is 30.0 Å². The zero-order valence-electron chi connectivity index (χ0n) is 33.2. The number of aliphatic hydroxyl groups is 2. The first-order chi connectivity index (χ1) is 27.0. The molecule has 0 saturated heterocycles. The molecule has 4 aromatic carbocycles. The molecule has 14 heteroatoms. The van der Waals surface area contributed by atoms with Crippen LogP contribution in [-0.2, 0) is 42.7 Å². The average Bonchev–Trinajstić information content (AvgIpc) is 3.81. The molecule has 0 aliphatic carbocycles. The average molecular weight is 779 g/mol. The number of aliphatic hydroxyl groups excluding tert-OH is 2. The number of aromatic nitrogens is 6. The van der Waals surface area contributed by atoms with Crippen molar-refractivity contribution in [2.24, 2.45) is 5.41 Å². The molecule has 0 aliphatic heterocycles. The van der Waals surface area contributed by atoms with Gasteiger partial charge in [-0.05, 0) is 71.2 Å². The van der Waals surface area contributed by atoms with Gasteiger partial charge in [-0.15, -0.1) is 30.0 Å². The summed E-state index contributed by atoms with van der Waals surface area (Å²) in [4.78, 5) is 28.8. The van der Waals surface area contributed by atoms with Crippen molar-refractivity contribution in [3.8, 4) is 22.9 Å². The summed E-state index contributed by atoms with van der Waals surface area (Å²) in [6.07, 6.45) is 0.451. The number of carbonyl (C=O) groups excluding carboxylic acids is 2. The Kier molecular flexibility index (Phi) is 11.7. The summed E-state index contributed by atoms with van der Waals surface area (Å²) in [5, 5.41) is 61.1. The standard InChI is InChI=1S/C43H50N6O8/c1-41(2,3)29-19-27(21-35(39(29)54)48-44-31-11-7-8-12-32(31)45-48)15-17-37(52)56-25-43(23-50,24-51)26-57-38(53)18-16-28-20-30(42(4,5)6)40(55)36(22-28)49-46-33-13-9-10-14-34(33)47-49/h7-14,19-22,50-51,54-55H,15-18,23-26H2,1-6H3. The second-order valence-electron chi connectivity index (χ2n) is 16.6. The normalized spacial score (nSPS) is 12.4. The predicted molar refractivity (Wildman–Crippen MR) is 214 cm³/mol. The largest absolute Gasteiger partial charge is 0.505 e. The molecule has 14 nitrogen and oxygen atoms in total. The fourth-order valence-corrected chi connectivity index (χ4v) is 6.41. The SMILES string of the molecule is CC(C)(C)c1cc(CCC(=O)OCC(CO)(CO)COC(=O)CCc2cc(-n3nc4ccccc4n3)c(O)c(C(C)(C)C)c2)cc(-n2nc3ccccc3n2)c1O. The van der Waals surface area contributed by atoms with Gasteiger partial charge in [-0.2, -0.15) is 0 Å². The van der Waals surface area contributed by atoms with Crippen molar-refractivity contribution in [1.29, 1.82) is 0 Å². The number of hydrogen-bond acceptors (Lipinski definition) is 12. The summed E-state index contributed by atoms with van der Waals surface area (Å²) in [6.45, 7) is 9.86. The van der Waals surface area contributed by atoms with E-state index in [0.29, 0.717) is 44.6 Å². The number of aryl methyl sites for hydroxylation is 2. The van der Waals surface area contributed by atoms with E-state index >= 15 is 0 Å². The molecule has 0 amide bonds. The number of rotatable bonds is 14. The van der Waals surface area contributed by atoms with Crippen LogP contribution in [0.5, 0.6) is 11.5 Å². The van der Waals surface area contributed by atoms with Crippen molar-refractivity contribution < 1.29 is 39.5 Å². The lowest BCUT2D eigenvalue weighted by molar-refractivity contribution is -0.159. The highest BCUT2D eigenvalue weighted by atomic mass is 16.5. The number of hydrogen-bond donors (Lipinski definition) is 4. The van der Waals surface area contributed by atoms with Gasteiger partial charge in [0.15, 0.2) is 0 Å². The number of carbonyl (C=O) groups is 2. The van der Waals surface area contributed by atoms with Crippen LogP contribution in [0.15, 0.2) is 72.8 Å². The number of phenolic OH excluding ortho intramolecular Hbond substituents is 2. The molecule has 2 aromatic heterocycles. The van der Waals surface area contributed by atoms with Gasteiger partial charge in [-0.3, -0.25) is 9.59 Å². The number of aromatic hydroxyl groups is 2. The Bertz CT molecular complexity index is 2170. The Balaban J connectivity index is 1.08. The Morgan fingerprint density at radius 1 is 0.579 bits per heavy atom. The van der Waals surface area contributed by atoms with Crippen LogP contribution in [0.1, 0.15) is 76.6 Å². The minimum Gasteiger partial charge on any atom is -0.505 e. The molecule has 0 fully saturated rings. The van der Waals surface area contributed by atoms with Crippen molar-refractivity contribution in [3.63, 3.8) is 0 Å². The molecule has 2 heterocycles. The second kappa shape index (κ2) is 16.3. The van der Waals surface area contributed by atoms with Crippen LogP contribution in [-0.4, -0.2) is 88.8 Å². The lowest BCUT2D eigenvalue weighted by atomic mass is 9.84. The monoisotopic (exact) mass is 778 g/mol. The molecule has 0 saturated carbocycles. The molecule has 4 N–H and O–H groups in total. The van der Waals surface area contributed by atoms with E-state index in [4.69, 9.17) is 9.47 Å². The molecule has 6 aromatic rings. The molecule has 0 spiro atoms.